The lowest BCUT2D eigenvalue weighted by Crippen LogP contribution is -2.42. The van der Waals surface area contributed by atoms with E-state index in [-0.39, 0.29) is 12.4 Å². The topological polar surface area (TPSA) is 38.5 Å². The minimum Gasteiger partial charge on any atom is -0.492 e. The van der Waals surface area contributed by atoms with Gasteiger partial charge >= 0.3 is 0 Å². The molecule has 1 aliphatic rings. The molecule has 0 aromatic heterocycles. The number of likely N-dealkylation sites (tertiary alicyclic amines) is 1. The van der Waals surface area contributed by atoms with Crippen molar-refractivity contribution < 1.29 is 4.74 Å². The van der Waals surface area contributed by atoms with Crippen LogP contribution in [-0.4, -0.2) is 37.2 Å². The van der Waals surface area contributed by atoms with E-state index in [1.165, 1.54) is 25.8 Å². The van der Waals surface area contributed by atoms with Crippen molar-refractivity contribution in [1.82, 2.24) is 4.90 Å². The van der Waals surface area contributed by atoms with Gasteiger partial charge in [0, 0.05) is 12.6 Å². The third-order valence-electron chi connectivity index (χ3n) is 3.64. The van der Waals surface area contributed by atoms with Crippen LogP contribution in [0, 0.1) is 0 Å². The van der Waals surface area contributed by atoms with Crippen LogP contribution in [0.1, 0.15) is 25.7 Å². The molecule has 0 bridgehead atoms. The molecule has 1 aliphatic heterocycles. The van der Waals surface area contributed by atoms with Crippen molar-refractivity contribution >= 4 is 12.4 Å². The van der Waals surface area contributed by atoms with Gasteiger partial charge in [0.15, 0.2) is 0 Å². The Morgan fingerprint density at radius 3 is 2.74 bits per heavy atom. The molecule has 0 radical (unpaired) electrons. The second-order valence-electron chi connectivity index (χ2n) is 4.92. The number of nitrogens with two attached hydrogens (primary N) is 1. The number of halogens is 1. The van der Waals surface area contributed by atoms with Crippen LogP contribution in [0.2, 0.25) is 0 Å². The molecule has 0 spiro atoms. The van der Waals surface area contributed by atoms with E-state index in [2.05, 4.69) is 4.90 Å². The number of benzene rings is 1. The van der Waals surface area contributed by atoms with E-state index in [1.807, 2.05) is 30.3 Å². The predicted molar refractivity (Wildman–Crippen MR) is 82.1 cm³/mol. The summed E-state index contributed by atoms with van der Waals surface area (Å²) in [5.41, 5.74) is 5.68. The number of ether oxygens (including phenoxy) is 1. The molecule has 2 N–H and O–H groups in total. The van der Waals surface area contributed by atoms with Gasteiger partial charge in [0.1, 0.15) is 12.4 Å². The highest BCUT2D eigenvalue weighted by atomic mass is 35.5. The van der Waals surface area contributed by atoms with Crippen molar-refractivity contribution in [1.29, 1.82) is 0 Å². The van der Waals surface area contributed by atoms with Gasteiger partial charge in [-0.3, -0.25) is 4.90 Å². The first-order valence-corrected chi connectivity index (χ1v) is 7.02. The predicted octanol–water partition coefficient (Wildman–Crippen LogP) is 2.69. The molecule has 1 heterocycles. The second kappa shape index (κ2) is 9.18. The van der Waals surface area contributed by atoms with Crippen molar-refractivity contribution in [3.05, 3.63) is 30.3 Å². The van der Waals surface area contributed by atoms with Gasteiger partial charge in [-0.1, -0.05) is 24.6 Å². The molecule has 1 unspecified atom stereocenters. The van der Waals surface area contributed by atoms with Crippen LogP contribution in [-0.2, 0) is 0 Å². The summed E-state index contributed by atoms with van der Waals surface area (Å²) in [5, 5.41) is 0. The number of hydrogen-bond donors (Lipinski definition) is 1. The average molecular weight is 285 g/mol. The maximum Gasteiger partial charge on any atom is 0.119 e. The molecule has 108 valence electrons. The van der Waals surface area contributed by atoms with Crippen LogP contribution in [0.5, 0.6) is 5.75 Å². The van der Waals surface area contributed by atoms with E-state index in [0.29, 0.717) is 6.04 Å². The van der Waals surface area contributed by atoms with Gasteiger partial charge in [-0.2, -0.15) is 0 Å². The Morgan fingerprint density at radius 2 is 2.00 bits per heavy atom. The Balaban J connectivity index is 0.00000180. The molecule has 4 heteroatoms. The van der Waals surface area contributed by atoms with Gasteiger partial charge < -0.3 is 10.5 Å². The molecule has 1 saturated heterocycles. The molecular weight excluding hydrogens is 260 g/mol. The lowest BCUT2D eigenvalue weighted by Gasteiger charge is -2.35. The SMILES string of the molecule is Cl.NCCC1CCCCN1CCOc1ccccc1. The number of hydrogen-bond acceptors (Lipinski definition) is 3. The Labute approximate surface area is 122 Å². The van der Waals surface area contributed by atoms with Crippen molar-refractivity contribution in [3.63, 3.8) is 0 Å². The van der Waals surface area contributed by atoms with Crippen LogP contribution in [0.25, 0.3) is 0 Å². The van der Waals surface area contributed by atoms with Gasteiger partial charge in [-0.25, -0.2) is 0 Å². The fourth-order valence-corrected chi connectivity index (χ4v) is 2.67. The molecule has 1 aromatic carbocycles. The molecule has 1 aromatic rings. The van der Waals surface area contributed by atoms with Crippen LogP contribution < -0.4 is 10.5 Å². The third-order valence-corrected chi connectivity index (χ3v) is 3.64. The van der Waals surface area contributed by atoms with Crippen molar-refractivity contribution in [3.8, 4) is 5.75 Å². The molecule has 2 rings (SSSR count). The van der Waals surface area contributed by atoms with E-state index in [9.17, 15) is 0 Å². The van der Waals surface area contributed by atoms with Crippen LogP contribution >= 0.6 is 12.4 Å². The van der Waals surface area contributed by atoms with Crippen molar-refractivity contribution in [2.24, 2.45) is 5.73 Å². The Morgan fingerprint density at radius 1 is 1.21 bits per heavy atom. The smallest absolute Gasteiger partial charge is 0.119 e. The molecule has 0 aliphatic carbocycles. The quantitative estimate of drug-likeness (QED) is 0.873. The number of piperidine rings is 1. The van der Waals surface area contributed by atoms with Gasteiger partial charge in [0.25, 0.3) is 0 Å². The van der Waals surface area contributed by atoms with Gasteiger partial charge in [0.05, 0.1) is 0 Å². The maximum atomic E-state index is 5.76. The first kappa shape index (κ1) is 16.3. The Bertz CT molecular complexity index is 332. The largest absolute Gasteiger partial charge is 0.492 e. The highest BCUT2D eigenvalue weighted by Crippen LogP contribution is 2.19. The molecular formula is C15H25ClN2O. The van der Waals surface area contributed by atoms with Crippen molar-refractivity contribution in [2.75, 3.05) is 26.2 Å². The summed E-state index contributed by atoms with van der Waals surface area (Å²) in [4.78, 5) is 2.54. The lowest BCUT2D eigenvalue weighted by atomic mass is 9.99. The highest BCUT2D eigenvalue weighted by Gasteiger charge is 2.21. The Hall–Kier alpha value is -0.770. The summed E-state index contributed by atoms with van der Waals surface area (Å²) >= 11 is 0. The van der Waals surface area contributed by atoms with E-state index >= 15 is 0 Å². The number of nitrogens with zero attached hydrogens (tertiary/aromatic N) is 1. The molecule has 0 saturated carbocycles. The standard InChI is InChI=1S/C15H24N2O.ClH/c16-10-9-14-6-4-5-11-17(14)12-13-18-15-7-2-1-3-8-15;/h1-3,7-8,14H,4-6,9-13,16H2;1H. The van der Waals surface area contributed by atoms with E-state index in [0.717, 1.165) is 31.9 Å². The van der Waals surface area contributed by atoms with Gasteiger partial charge in [-0.05, 0) is 44.5 Å². The second-order valence-corrected chi connectivity index (χ2v) is 4.92. The summed E-state index contributed by atoms with van der Waals surface area (Å²) in [5.74, 6) is 0.963. The average Bonchev–Trinajstić information content (AvgIpc) is 2.42. The zero-order chi connectivity index (χ0) is 12.6. The number of para-hydroxylation sites is 1. The summed E-state index contributed by atoms with van der Waals surface area (Å²) < 4.78 is 5.76. The summed E-state index contributed by atoms with van der Waals surface area (Å²) in [6, 6.07) is 10.7. The molecule has 1 fully saturated rings. The lowest BCUT2D eigenvalue weighted by molar-refractivity contribution is 0.118. The molecule has 19 heavy (non-hydrogen) atoms. The minimum absolute atomic E-state index is 0. The maximum absolute atomic E-state index is 5.76. The zero-order valence-electron chi connectivity index (χ0n) is 11.5. The van der Waals surface area contributed by atoms with Crippen molar-refractivity contribution in [2.45, 2.75) is 31.7 Å². The van der Waals surface area contributed by atoms with Gasteiger partial charge in [0.2, 0.25) is 0 Å². The monoisotopic (exact) mass is 284 g/mol. The fraction of sp³-hybridized carbons (Fsp3) is 0.600. The highest BCUT2D eigenvalue weighted by molar-refractivity contribution is 5.85. The first-order valence-electron chi connectivity index (χ1n) is 7.02. The molecule has 3 nitrogen and oxygen atoms in total. The van der Waals surface area contributed by atoms with Crippen LogP contribution in [0.3, 0.4) is 0 Å². The molecule has 0 amide bonds. The van der Waals surface area contributed by atoms with E-state index in [1.54, 1.807) is 0 Å². The normalized spacial score (nSPS) is 19.7. The van der Waals surface area contributed by atoms with E-state index in [4.69, 9.17) is 10.5 Å². The van der Waals surface area contributed by atoms with Crippen LogP contribution in [0.15, 0.2) is 30.3 Å². The summed E-state index contributed by atoms with van der Waals surface area (Å²) in [6.45, 7) is 3.77. The van der Waals surface area contributed by atoms with E-state index < -0.39 is 0 Å². The zero-order valence-corrected chi connectivity index (χ0v) is 12.3. The summed E-state index contributed by atoms with van der Waals surface area (Å²) in [7, 11) is 0. The van der Waals surface area contributed by atoms with Crippen LogP contribution in [0.4, 0.5) is 0 Å². The molecule has 1 atom stereocenters. The third kappa shape index (κ3) is 5.39. The Kier molecular flexibility index (Phi) is 7.87. The fourth-order valence-electron chi connectivity index (χ4n) is 2.67. The minimum atomic E-state index is 0. The first-order chi connectivity index (χ1) is 8.90. The number of rotatable bonds is 6. The summed E-state index contributed by atoms with van der Waals surface area (Å²) in [6.07, 6.45) is 5.07. The van der Waals surface area contributed by atoms with Gasteiger partial charge in [-0.15, -0.1) is 12.4 Å².